The van der Waals surface area contributed by atoms with Gasteiger partial charge in [-0.3, -0.25) is 20.0 Å². The molecule has 1 aliphatic rings. The number of carbonyl (C=O) groups excluding carboxylic acids is 2. The maximum absolute atomic E-state index is 12.5. The second-order valence-corrected chi connectivity index (χ2v) is 10.7. The highest BCUT2D eigenvalue weighted by atomic mass is 35.5. The van der Waals surface area contributed by atoms with Gasteiger partial charge in [0.25, 0.3) is 11.8 Å². The Kier molecular flexibility index (Phi) is 10.7. The molecular formula is C31H26Cl3N9O4. The molecule has 0 fully saturated rings. The number of aromatic nitrogens is 4. The van der Waals surface area contributed by atoms with E-state index in [2.05, 4.69) is 41.3 Å². The molecule has 2 amide bonds. The second-order valence-electron chi connectivity index (χ2n) is 9.51. The van der Waals surface area contributed by atoms with E-state index >= 15 is 0 Å². The number of nitrogens with zero attached hydrogens (tertiary/aromatic N) is 5. The summed E-state index contributed by atoms with van der Waals surface area (Å²) >= 11 is 17.9. The van der Waals surface area contributed by atoms with Crippen molar-refractivity contribution in [3.05, 3.63) is 112 Å². The van der Waals surface area contributed by atoms with Crippen molar-refractivity contribution >= 4 is 75.6 Å². The lowest BCUT2D eigenvalue weighted by Gasteiger charge is -2.20. The quantitative estimate of drug-likeness (QED) is 0.103. The molecule has 4 N–H and O–H groups in total. The van der Waals surface area contributed by atoms with E-state index in [0.29, 0.717) is 50.9 Å². The van der Waals surface area contributed by atoms with Gasteiger partial charge in [-0.25, -0.2) is 9.97 Å². The first kappa shape index (κ1) is 33.0. The molecule has 0 spiro atoms. The largest absolute Gasteiger partial charge is 0.454 e. The van der Waals surface area contributed by atoms with E-state index in [1.807, 2.05) is 12.1 Å². The molecule has 6 rings (SSSR count). The highest BCUT2D eigenvalue weighted by Gasteiger charge is 2.16. The molecule has 240 valence electrons. The Balaban J connectivity index is 0.000000199. The van der Waals surface area contributed by atoms with Gasteiger partial charge in [0.05, 0.1) is 23.6 Å². The van der Waals surface area contributed by atoms with Gasteiger partial charge in [-0.05, 0) is 48.0 Å². The number of halogens is 3. The molecule has 3 heterocycles. The molecule has 13 nitrogen and oxygen atoms in total. The summed E-state index contributed by atoms with van der Waals surface area (Å²) < 4.78 is 10.7. The topological polar surface area (TPSA) is 156 Å². The number of para-hydroxylation sites is 1. The van der Waals surface area contributed by atoms with Gasteiger partial charge in [0.15, 0.2) is 23.1 Å². The van der Waals surface area contributed by atoms with Crippen LogP contribution in [0.4, 0.5) is 29.0 Å². The average molecular weight is 695 g/mol. The summed E-state index contributed by atoms with van der Waals surface area (Å²) in [7, 11) is 3.16. The molecule has 16 heteroatoms. The van der Waals surface area contributed by atoms with Crippen LogP contribution in [0, 0.1) is 0 Å². The van der Waals surface area contributed by atoms with Gasteiger partial charge in [-0.1, -0.05) is 53.5 Å². The maximum atomic E-state index is 12.5. The first-order valence-corrected chi connectivity index (χ1v) is 14.9. The zero-order valence-corrected chi connectivity index (χ0v) is 27.1. The summed E-state index contributed by atoms with van der Waals surface area (Å²) in [4.78, 5) is 40.5. The summed E-state index contributed by atoms with van der Waals surface area (Å²) in [6, 6.07) is 21.3. The minimum Gasteiger partial charge on any atom is -0.454 e. The molecule has 0 unspecified atom stereocenters. The number of benzene rings is 3. The summed E-state index contributed by atoms with van der Waals surface area (Å²) in [6.45, 7) is 0.200. The molecule has 1 aliphatic heterocycles. The van der Waals surface area contributed by atoms with Crippen molar-refractivity contribution in [2.45, 2.75) is 0 Å². The third-order valence-corrected chi connectivity index (χ3v) is 7.07. The van der Waals surface area contributed by atoms with Crippen molar-refractivity contribution in [1.82, 2.24) is 30.3 Å². The fourth-order valence-electron chi connectivity index (χ4n) is 4.08. The Bertz CT molecular complexity index is 1900. The van der Waals surface area contributed by atoms with Crippen LogP contribution < -0.4 is 30.8 Å². The van der Waals surface area contributed by atoms with E-state index in [-0.39, 0.29) is 28.9 Å². The Labute approximate surface area is 284 Å². The minimum absolute atomic E-state index is 0.0734. The lowest BCUT2D eigenvalue weighted by molar-refractivity contribution is 0.0825. The molecule has 0 saturated carbocycles. The fraction of sp³-hybridized carbons (Fsp3) is 0.0968. The van der Waals surface area contributed by atoms with Crippen molar-refractivity contribution in [3.63, 3.8) is 0 Å². The number of anilines is 5. The molecule has 47 heavy (non-hydrogen) atoms. The third kappa shape index (κ3) is 8.47. The maximum Gasteiger partial charge on any atom is 0.271 e. The van der Waals surface area contributed by atoms with E-state index in [1.54, 1.807) is 74.8 Å². The van der Waals surface area contributed by atoms with Gasteiger partial charge < -0.3 is 25.4 Å². The Morgan fingerprint density at radius 3 is 2.30 bits per heavy atom. The smallest absolute Gasteiger partial charge is 0.271 e. The molecule has 2 aromatic heterocycles. The minimum atomic E-state index is -0.222. The van der Waals surface area contributed by atoms with Crippen LogP contribution in [0.5, 0.6) is 11.5 Å². The molecule has 5 aromatic rings. The van der Waals surface area contributed by atoms with Crippen molar-refractivity contribution in [2.24, 2.45) is 0 Å². The first-order chi connectivity index (χ1) is 22.7. The molecule has 0 aliphatic carbocycles. The summed E-state index contributed by atoms with van der Waals surface area (Å²) in [5, 5.41) is 10.6. The van der Waals surface area contributed by atoms with E-state index in [1.165, 1.54) is 17.4 Å². The van der Waals surface area contributed by atoms with E-state index in [4.69, 9.17) is 44.3 Å². The van der Waals surface area contributed by atoms with Crippen molar-refractivity contribution in [1.29, 1.82) is 0 Å². The second kappa shape index (κ2) is 15.3. The lowest BCUT2D eigenvalue weighted by atomic mass is 10.1. The van der Waals surface area contributed by atoms with E-state index in [0.717, 1.165) is 5.69 Å². The van der Waals surface area contributed by atoms with Crippen LogP contribution in [0.25, 0.3) is 0 Å². The monoisotopic (exact) mass is 693 g/mol. The predicted molar refractivity (Wildman–Crippen MR) is 180 cm³/mol. The van der Waals surface area contributed by atoms with Crippen molar-refractivity contribution in [3.8, 4) is 11.5 Å². The first-order valence-electron chi connectivity index (χ1n) is 13.8. The van der Waals surface area contributed by atoms with Gasteiger partial charge in [0.1, 0.15) is 10.0 Å². The fourth-order valence-corrected chi connectivity index (χ4v) is 4.48. The van der Waals surface area contributed by atoms with Crippen LogP contribution in [0.1, 0.15) is 20.7 Å². The van der Waals surface area contributed by atoms with Crippen molar-refractivity contribution in [2.75, 3.05) is 36.9 Å². The Morgan fingerprint density at radius 1 is 0.809 bits per heavy atom. The molecule has 0 saturated heterocycles. The lowest BCUT2D eigenvalue weighted by Crippen LogP contribution is -2.32. The van der Waals surface area contributed by atoms with Crippen LogP contribution in [0.15, 0.2) is 85.2 Å². The van der Waals surface area contributed by atoms with Gasteiger partial charge in [0.2, 0.25) is 18.0 Å². The molecular weight excluding hydrogens is 669 g/mol. The highest BCUT2D eigenvalue weighted by Crippen LogP contribution is 2.35. The zero-order chi connectivity index (χ0) is 33.3. The summed E-state index contributed by atoms with van der Waals surface area (Å²) in [5.74, 6) is 1.85. The average Bonchev–Trinajstić information content (AvgIpc) is 3.56. The van der Waals surface area contributed by atoms with Crippen LogP contribution in [0.3, 0.4) is 0 Å². The van der Waals surface area contributed by atoms with Gasteiger partial charge in [-0.15, -0.1) is 0 Å². The standard InChI is InChI=1S/C19H16ClN5O3.C12H10Cl2N4O/c1-25(18(26)12-5-3-2-4-6-12)24-17-14(20)10-21-19(23-17)22-13-7-8-15-16(9-13)28-11-27-15;1-15-11(19)7-4-2-3-5-9(7)17-10-8(13)6-16-12(14)18-10/h2-10H,11H2,1H3,(H2,21,22,23,24);2-6H,1H3,(H,15,19)(H,16,17,18). The van der Waals surface area contributed by atoms with E-state index < -0.39 is 0 Å². The van der Waals surface area contributed by atoms with E-state index in [9.17, 15) is 9.59 Å². The number of carbonyl (C=O) groups is 2. The predicted octanol–water partition coefficient (Wildman–Crippen LogP) is 6.59. The highest BCUT2D eigenvalue weighted by molar-refractivity contribution is 6.34. The number of fused-ring (bicyclic) bond motifs is 1. The SMILES string of the molecule is CN(Nc1nc(Nc2ccc3c(c2)OCO3)ncc1Cl)C(=O)c1ccccc1.CNC(=O)c1ccccc1Nc1nc(Cl)ncc1Cl. The van der Waals surface area contributed by atoms with Crippen molar-refractivity contribution < 1.29 is 19.1 Å². The van der Waals surface area contributed by atoms with Crippen LogP contribution in [-0.2, 0) is 0 Å². The normalized spacial score (nSPS) is 11.1. The number of hydrogen-bond donors (Lipinski definition) is 4. The number of hydrazine groups is 1. The number of ether oxygens (including phenoxy) is 2. The molecule has 3 aromatic carbocycles. The third-order valence-electron chi connectivity index (χ3n) is 6.34. The summed E-state index contributed by atoms with van der Waals surface area (Å²) in [6.07, 6.45) is 2.84. The number of amides is 2. The summed E-state index contributed by atoms with van der Waals surface area (Å²) in [5.41, 5.74) is 5.23. The number of nitrogens with one attached hydrogen (secondary N) is 4. The zero-order valence-electron chi connectivity index (χ0n) is 24.8. The number of hydrogen-bond acceptors (Lipinski definition) is 11. The van der Waals surface area contributed by atoms with Crippen LogP contribution in [-0.4, -0.2) is 57.6 Å². The molecule has 0 atom stereocenters. The van der Waals surface area contributed by atoms with Crippen LogP contribution in [0.2, 0.25) is 15.3 Å². The van der Waals surface area contributed by atoms with Crippen LogP contribution >= 0.6 is 34.8 Å². The Hall–Kier alpha value is -5.37. The number of rotatable bonds is 8. The molecule has 0 bridgehead atoms. The van der Waals surface area contributed by atoms with Gasteiger partial charge in [-0.2, -0.15) is 9.97 Å². The van der Waals surface area contributed by atoms with Gasteiger partial charge >= 0.3 is 0 Å². The Morgan fingerprint density at radius 2 is 1.51 bits per heavy atom. The molecule has 0 radical (unpaired) electrons. The van der Waals surface area contributed by atoms with Gasteiger partial charge in [0, 0.05) is 31.4 Å².